The maximum Gasteiger partial charge on any atom is 0.119 e. The number of ether oxygens (including phenoxy) is 1. The number of aromatic nitrogens is 2. The Hall–Kier alpha value is -2.12. The molecule has 7 heteroatoms. The molecular formula is C28H33ClN4OS. The Morgan fingerprint density at radius 3 is 2.20 bits per heavy atom. The van der Waals surface area contributed by atoms with Crippen LogP contribution in [-0.4, -0.2) is 52.0 Å². The zero-order valence-corrected chi connectivity index (χ0v) is 21.7. The third kappa shape index (κ3) is 7.20. The molecule has 1 aliphatic carbocycles. The molecular weight excluding hydrogens is 476 g/mol. The van der Waals surface area contributed by atoms with Gasteiger partial charge in [0, 0.05) is 50.0 Å². The van der Waals surface area contributed by atoms with E-state index in [0.717, 1.165) is 62.4 Å². The number of benzene rings is 1. The van der Waals surface area contributed by atoms with Crippen LogP contribution in [0.25, 0.3) is 11.4 Å². The second-order valence-electron chi connectivity index (χ2n) is 9.50. The molecule has 0 radical (unpaired) electrons. The van der Waals surface area contributed by atoms with Gasteiger partial charge in [-0.1, -0.05) is 36.9 Å². The third-order valence-corrected chi connectivity index (χ3v) is 8.15. The van der Waals surface area contributed by atoms with E-state index in [4.69, 9.17) is 16.3 Å². The van der Waals surface area contributed by atoms with Crippen molar-refractivity contribution >= 4 is 23.5 Å². The van der Waals surface area contributed by atoms with Crippen LogP contribution < -0.4 is 4.74 Å². The van der Waals surface area contributed by atoms with Crippen molar-refractivity contribution in [3.63, 3.8) is 0 Å². The van der Waals surface area contributed by atoms with E-state index in [9.17, 15) is 0 Å². The van der Waals surface area contributed by atoms with Gasteiger partial charge in [0.05, 0.1) is 23.0 Å². The van der Waals surface area contributed by atoms with Crippen molar-refractivity contribution in [2.24, 2.45) is 5.92 Å². The SMILES string of the molecule is Clc1ccc(-c2ccc(CN3CCN(Sc4ccc(OCC5CCCCC5)cc4)CC3)cn2)nc1. The second-order valence-corrected chi connectivity index (χ2v) is 11.1. The molecule has 0 bridgehead atoms. The molecule has 0 N–H and O–H groups in total. The predicted molar refractivity (Wildman–Crippen MR) is 144 cm³/mol. The van der Waals surface area contributed by atoms with Gasteiger partial charge >= 0.3 is 0 Å². The van der Waals surface area contributed by atoms with Crippen LogP contribution in [0.2, 0.25) is 5.02 Å². The Morgan fingerprint density at radius 1 is 0.829 bits per heavy atom. The van der Waals surface area contributed by atoms with Crippen LogP contribution in [0.4, 0.5) is 0 Å². The maximum atomic E-state index is 6.05. The lowest BCUT2D eigenvalue weighted by molar-refractivity contribution is 0.189. The summed E-state index contributed by atoms with van der Waals surface area (Å²) in [5, 5.41) is 0.638. The summed E-state index contributed by atoms with van der Waals surface area (Å²) < 4.78 is 8.52. The molecule has 5 nitrogen and oxygen atoms in total. The molecule has 5 rings (SSSR count). The van der Waals surface area contributed by atoms with Crippen LogP contribution in [0.1, 0.15) is 37.7 Å². The molecule has 2 aromatic heterocycles. The van der Waals surface area contributed by atoms with Crippen molar-refractivity contribution in [2.75, 3.05) is 32.8 Å². The first kappa shape index (κ1) is 24.6. The van der Waals surface area contributed by atoms with Crippen molar-refractivity contribution in [1.82, 2.24) is 19.2 Å². The van der Waals surface area contributed by atoms with Gasteiger partial charge in [0.15, 0.2) is 0 Å². The number of nitrogens with zero attached hydrogens (tertiary/aromatic N) is 4. The lowest BCUT2D eigenvalue weighted by Gasteiger charge is -2.33. The van der Waals surface area contributed by atoms with Crippen LogP contribution in [0.15, 0.2) is 65.8 Å². The normalized spacial score (nSPS) is 18.0. The summed E-state index contributed by atoms with van der Waals surface area (Å²) in [6.45, 7) is 5.99. The standard InChI is InChI=1S/C28H33ClN4OS/c29-24-7-13-28(31-19-24)27-12-6-23(18-30-27)20-32-14-16-33(17-15-32)35-26-10-8-25(9-11-26)34-21-22-4-2-1-3-5-22/h6-13,18-19,22H,1-5,14-17,20-21H2. The number of hydrogen-bond acceptors (Lipinski definition) is 6. The van der Waals surface area contributed by atoms with Gasteiger partial charge < -0.3 is 4.74 Å². The Morgan fingerprint density at radius 2 is 1.54 bits per heavy atom. The fourth-order valence-corrected chi connectivity index (χ4v) is 5.76. The zero-order chi connectivity index (χ0) is 23.9. The average molecular weight is 509 g/mol. The Labute approximate surface area is 218 Å². The van der Waals surface area contributed by atoms with Gasteiger partial charge in [0.2, 0.25) is 0 Å². The summed E-state index contributed by atoms with van der Waals surface area (Å²) >= 11 is 7.78. The topological polar surface area (TPSA) is 41.5 Å². The van der Waals surface area contributed by atoms with E-state index < -0.39 is 0 Å². The van der Waals surface area contributed by atoms with E-state index in [2.05, 4.69) is 49.5 Å². The quantitative estimate of drug-likeness (QED) is 0.320. The van der Waals surface area contributed by atoms with Crippen molar-refractivity contribution in [3.8, 4) is 17.1 Å². The zero-order valence-electron chi connectivity index (χ0n) is 20.1. The number of pyridine rings is 2. The molecule has 3 aromatic rings. The molecule has 35 heavy (non-hydrogen) atoms. The molecule has 1 aromatic carbocycles. The van der Waals surface area contributed by atoms with Crippen molar-refractivity contribution < 1.29 is 4.74 Å². The predicted octanol–water partition coefficient (Wildman–Crippen LogP) is 6.58. The van der Waals surface area contributed by atoms with Crippen molar-refractivity contribution in [2.45, 2.75) is 43.5 Å². The third-order valence-electron chi connectivity index (χ3n) is 6.82. The van der Waals surface area contributed by atoms with Gasteiger partial charge in [-0.05, 0) is 78.7 Å². The average Bonchev–Trinajstić information content (AvgIpc) is 2.91. The monoisotopic (exact) mass is 508 g/mol. The first-order valence-electron chi connectivity index (χ1n) is 12.7. The van der Waals surface area contributed by atoms with Crippen LogP contribution in [0.5, 0.6) is 5.75 Å². The van der Waals surface area contributed by atoms with Gasteiger partial charge in [-0.25, -0.2) is 4.31 Å². The van der Waals surface area contributed by atoms with E-state index in [-0.39, 0.29) is 0 Å². The first-order chi connectivity index (χ1) is 17.2. The van der Waals surface area contributed by atoms with E-state index in [1.807, 2.05) is 36.3 Å². The Kier molecular flexibility index (Phi) is 8.58. The van der Waals surface area contributed by atoms with Gasteiger partial charge in [-0.2, -0.15) is 0 Å². The van der Waals surface area contributed by atoms with E-state index in [1.165, 1.54) is 42.6 Å². The summed E-state index contributed by atoms with van der Waals surface area (Å²) in [4.78, 5) is 12.7. The highest BCUT2D eigenvalue weighted by molar-refractivity contribution is 7.97. The fourth-order valence-electron chi connectivity index (χ4n) is 4.75. The number of piperazine rings is 1. The Balaban J connectivity index is 1.04. The number of halogens is 1. The highest BCUT2D eigenvalue weighted by Gasteiger charge is 2.18. The Bertz CT molecular complexity index is 1050. The van der Waals surface area contributed by atoms with Crippen LogP contribution in [0, 0.1) is 5.92 Å². The van der Waals surface area contributed by atoms with E-state index in [1.54, 1.807) is 6.20 Å². The minimum atomic E-state index is 0.638. The highest BCUT2D eigenvalue weighted by Crippen LogP contribution is 2.28. The second kappa shape index (κ2) is 12.2. The minimum absolute atomic E-state index is 0.638. The van der Waals surface area contributed by atoms with Crippen LogP contribution in [0.3, 0.4) is 0 Å². The molecule has 0 spiro atoms. The molecule has 2 fully saturated rings. The minimum Gasteiger partial charge on any atom is -0.493 e. The van der Waals surface area contributed by atoms with Crippen LogP contribution >= 0.6 is 23.5 Å². The molecule has 0 atom stereocenters. The van der Waals surface area contributed by atoms with Crippen molar-refractivity contribution in [1.29, 1.82) is 0 Å². The molecule has 0 unspecified atom stereocenters. The lowest BCUT2D eigenvalue weighted by atomic mass is 9.90. The van der Waals surface area contributed by atoms with Gasteiger partial charge in [-0.15, -0.1) is 0 Å². The number of hydrogen-bond donors (Lipinski definition) is 0. The lowest BCUT2D eigenvalue weighted by Crippen LogP contribution is -2.42. The number of rotatable bonds is 8. The summed E-state index contributed by atoms with van der Waals surface area (Å²) in [5.41, 5.74) is 2.94. The first-order valence-corrected chi connectivity index (χ1v) is 13.8. The van der Waals surface area contributed by atoms with Gasteiger partial charge in [-0.3, -0.25) is 14.9 Å². The molecule has 184 valence electrons. The summed E-state index contributed by atoms with van der Waals surface area (Å²) in [6.07, 6.45) is 10.4. The van der Waals surface area contributed by atoms with Crippen LogP contribution in [-0.2, 0) is 6.54 Å². The van der Waals surface area contributed by atoms with Crippen molar-refractivity contribution in [3.05, 3.63) is 71.5 Å². The molecule has 3 heterocycles. The molecule has 1 saturated carbocycles. The fraction of sp³-hybridized carbons (Fsp3) is 0.429. The maximum absolute atomic E-state index is 6.05. The van der Waals surface area contributed by atoms with Gasteiger partial charge in [0.1, 0.15) is 5.75 Å². The molecule has 2 aliphatic rings. The smallest absolute Gasteiger partial charge is 0.119 e. The summed E-state index contributed by atoms with van der Waals surface area (Å²) in [7, 11) is 0. The molecule has 1 saturated heterocycles. The highest BCUT2D eigenvalue weighted by atomic mass is 35.5. The summed E-state index contributed by atoms with van der Waals surface area (Å²) in [5.74, 6) is 1.74. The molecule has 0 amide bonds. The molecule has 1 aliphatic heterocycles. The van der Waals surface area contributed by atoms with Gasteiger partial charge in [0.25, 0.3) is 0 Å². The van der Waals surface area contributed by atoms with E-state index in [0.29, 0.717) is 5.02 Å². The largest absolute Gasteiger partial charge is 0.493 e. The van der Waals surface area contributed by atoms with E-state index >= 15 is 0 Å². The summed E-state index contributed by atoms with van der Waals surface area (Å²) in [6, 6.07) is 16.6.